The summed E-state index contributed by atoms with van der Waals surface area (Å²) in [7, 11) is 0. The van der Waals surface area contributed by atoms with Gasteiger partial charge in [-0.3, -0.25) is 9.59 Å². The maximum absolute atomic E-state index is 11.9. The van der Waals surface area contributed by atoms with Gasteiger partial charge in [0.25, 0.3) is 0 Å². The topological polar surface area (TPSA) is 54.4 Å². The van der Waals surface area contributed by atoms with Gasteiger partial charge in [0.05, 0.1) is 0 Å². The Morgan fingerprint density at radius 1 is 1.06 bits per heavy atom. The van der Waals surface area contributed by atoms with Crippen molar-refractivity contribution in [1.82, 2.24) is 0 Å². The van der Waals surface area contributed by atoms with E-state index in [1.54, 1.807) is 6.07 Å². The van der Waals surface area contributed by atoms with E-state index < -0.39 is 11.9 Å². The molecule has 0 aromatic heterocycles. The van der Waals surface area contributed by atoms with E-state index in [0.717, 1.165) is 16.7 Å². The molecule has 1 unspecified atom stereocenters. The molecule has 86 valence electrons. The molecule has 0 heterocycles. The van der Waals surface area contributed by atoms with Crippen LogP contribution in [0.15, 0.2) is 12.1 Å². The van der Waals surface area contributed by atoms with E-state index >= 15 is 0 Å². The Morgan fingerprint density at radius 3 is 2.06 bits per heavy atom. The Bertz CT molecular complexity index is 447. The third-order valence-electron chi connectivity index (χ3n) is 2.87. The van der Waals surface area contributed by atoms with Gasteiger partial charge in [-0.25, -0.2) is 0 Å². The number of carboxylic acids is 1. The van der Waals surface area contributed by atoms with E-state index in [1.165, 1.54) is 6.92 Å². The van der Waals surface area contributed by atoms with Gasteiger partial charge in [0.2, 0.25) is 0 Å². The first-order valence-electron chi connectivity index (χ1n) is 5.19. The van der Waals surface area contributed by atoms with Gasteiger partial charge in [-0.05, 0) is 50.5 Å². The Balaban J connectivity index is 3.19. The zero-order valence-electron chi connectivity index (χ0n) is 10.00. The first kappa shape index (κ1) is 12.4. The third-order valence-corrected chi connectivity index (χ3v) is 2.87. The van der Waals surface area contributed by atoms with Crippen molar-refractivity contribution in [3.05, 3.63) is 34.4 Å². The summed E-state index contributed by atoms with van der Waals surface area (Å²) in [4.78, 5) is 22.6. The molecular formula is C13H16O3. The van der Waals surface area contributed by atoms with Crippen LogP contribution < -0.4 is 0 Å². The fourth-order valence-electron chi connectivity index (χ4n) is 1.57. The average Bonchev–Trinajstić information content (AvgIpc) is 2.21. The molecule has 0 fully saturated rings. The summed E-state index contributed by atoms with van der Waals surface area (Å²) in [6.07, 6.45) is 0. The van der Waals surface area contributed by atoms with Crippen LogP contribution in [0.5, 0.6) is 0 Å². The highest BCUT2D eigenvalue weighted by Crippen LogP contribution is 2.18. The van der Waals surface area contributed by atoms with Crippen molar-refractivity contribution in [1.29, 1.82) is 0 Å². The van der Waals surface area contributed by atoms with Crippen LogP contribution in [0.25, 0.3) is 0 Å². The molecule has 0 radical (unpaired) electrons. The van der Waals surface area contributed by atoms with Crippen molar-refractivity contribution >= 4 is 11.8 Å². The van der Waals surface area contributed by atoms with Gasteiger partial charge in [0, 0.05) is 5.56 Å². The number of hydrogen-bond donors (Lipinski definition) is 1. The maximum Gasteiger partial charge on any atom is 0.314 e. The minimum absolute atomic E-state index is 0.326. The predicted octanol–water partition coefficient (Wildman–Crippen LogP) is 2.52. The van der Waals surface area contributed by atoms with Gasteiger partial charge >= 0.3 is 5.97 Å². The van der Waals surface area contributed by atoms with Crippen molar-refractivity contribution in [2.45, 2.75) is 27.7 Å². The molecule has 0 saturated heterocycles. The number of carbonyl (C=O) groups is 2. The van der Waals surface area contributed by atoms with Crippen LogP contribution >= 0.6 is 0 Å². The molecule has 0 aliphatic rings. The maximum atomic E-state index is 11.9. The summed E-state index contributed by atoms with van der Waals surface area (Å²) >= 11 is 0. The zero-order valence-corrected chi connectivity index (χ0v) is 10.00. The summed E-state index contributed by atoms with van der Waals surface area (Å²) < 4.78 is 0. The monoisotopic (exact) mass is 220 g/mol. The molecule has 0 bridgehead atoms. The highest BCUT2D eigenvalue weighted by molar-refractivity contribution is 6.08. The SMILES string of the molecule is Cc1cc(C)c(C(=O)C(C)C(=O)O)cc1C. The van der Waals surface area contributed by atoms with Crippen molar-refractivity contribution in [3.8, 4) is 0 Å². The van der Waals surface area contributed by atoms with Crippen molar-refractivity contribution in [3.63, 3.8) is 0 Å². The number of ketones is 1. The van der Waals surface area contributed by atoms with Gasteiger partial charge in [0.1, 0.15) is 5.92 Å². The summed E-state index contributed by atoms with van der Waals surface area (Å²) in [5.74, 6) is -2.39. The molecule has 1 N–H and O–H groups in total. The zero-order chi connectivity index (χ0) is 12.5. The Labute approximate surface area is 95.1 Å². The first-order chi connectivity index (χ1) is 7.34. The second-order valence-electron chi connectivity index (χ2n) is 4.18. The largest absolute Gasteiger partial charge is 0.481 e. The molecule has 1 aromatic rings. The highest BCUT2D eigenvalue weighted by Gasteiger charge is 2.23. The molecule has 1 rings (SSSR count). The van der Waals surface area contributed by atoms with Crippen molar-refractivity contribution in [2.24, 2.45) is 5.92 Å². The normalized spacial score (nSPS) is 12.2. The summed E-state index contributed by atoms with van der Waals surface area (Å²) in [6.45, 7) is 7.13. The lowest BCUT2D eigenvalue weighted by Gasteiger charge is -2.11. The third kappa shape index (κ3) is 2.30. The molecular weight excluding hydrogens is 204 g/mol. The second-order valence-corrected chi connectivity index (χ2v) is 4.18. The number of hydrogen-bond acceptors (Lipinski definition) is 2. The summed E-state index contributed by atoms with van der Waals surface area (Å²) in [6, 6.07) is 3.68. The number of benzene rings is 1. The fraction of sp³-hybridized carbons (Fsp3) is 0.385. The van der Waals surface area contributed by atoms with E-state index in [0.29, 0.717) is 5.56 Å². The van der Waals surface area contributed by atoms with Gasteiger partial charge in [0.15, 0.2) is 5.78 Å². The van der Waals surface area contributed by atoms with Gasteiger partial charge in [-0.1, -0.05) is 6.07 Å². The Morgan fingerprint density at radius 2 is 1.56 bits per heavy atom. The van der Waals surface area contributed by atoms with Crippen LogP contribution in [0.4, 0.5) is 0 Å². The van der Waals surface area contributed by atoms with Crippen molar-refractivity contribution < 1.29 is 14.7 Å². The van der Waals surface area contributed by atoms with Crippen LogP contribution in [-0.4, -0.2) is 16.9 Å². The van der Waals surface area contributed by atoms with Crippen LogP contribution in [-0.2, 0) is 4.79 Å². The molecule has 3 nitrogen and oxygen atoms in total. The first-order valence-corrected chi connectivity index (χ1v) is 5.19. The lowest BCUT2D eigenvalue weighted by Crippen LogP contribution is -2.21. The van der Waals surface area contributed by atoms with E-state index in [4.69, 9.17) is 5.11 Å². The number of Topliss-reactive ketones (excluding diaryl/α,β-unsaturated/α-hetero) is 1. The molecule has 0 aliphatic carbocycles. The lowest BCUT2D eigenvalue weighted by atomic mass is 9.92. The van der Waals surface area contributed by atoms with Crippen LogP contribution in [0.2, 0.25) is 0 Å². The Hall–Kier alpha value is -1.64. The number of carbonyl (C=O) groups excluding carboxylic acids is 1. The predicted molar refractivity (Wildman–Crippen MR) is 61.8 cm³/mol. The van der Waals surface area contributed by atoms with Crippen molar-refractivity contribution in [2.75, 3.05) is 0 Å². The molecule has 3 heteroatoms. The lowest BCUT2D eigenvalue weighted by molar-refractivity contribution is -0.139. The number of aryl methyl sites for hydroxylation is 3. The molecule has 1 aromatic carbocycles. The number of aliphatic carboxylic acids is 1. The number of carboxylic acid groups (broad SMARTS) is 1. The second kappa shape index (κ2) is 4.47. The Kier molecular flexibility index (Phi) is 3.48. The van der Waals surface area contributed by atoms with E-state index in [1.807, 2.05) is 26.8 Å². The molecule has 1 atom stereocenters. The standard InChI is InChI=1S/C13H16O3/c1-7-5-9(3)11(6-8(7)2)12(14)10(4)13(15)16/h5-6,10H,1-4H3,(H,15,16). The molecule has 0 saturated carbocycles. The minimum atomic E-state index is -1.08. The van der Waals surface area contributed by atoms with Gasteiger partial charge in [-0.15, -0.1) is 0 Å². The van der Waals surface area contributed by atoms with Crippen LogP contribution in [0.1, 0.15) is 34.0 Å². The van der Waals surface area contributed by atoms with Crippen LogP contribution in [0, 0.1) is 26.7 Å². The quantitative estimate of drug-likeness (QED) is 0.629. The smallest absolute Gasteiger partial charge is 0.314 e. The minimum Gasteiger partial charge on any atom is -0.481 e. The van der Waals surface area contributed by atoms with Gasteiger partial charge < -0.3 is 5.11 Å². The fourth-order valence-corrected chi connectivity index (χ4v) is 1.57. The van der Waals surface area contributed by atoms with Gasteiger partial charge in [-0.2, -0.15) is 0 Å². The summed E-state index contributed by atoms with van der Waals surface area (Å²) in [5.41, 5.74) is 3.46. The van der Waals surface area contributed by atoms with E-state index in [-0.39, 0.29) is 5.78 Å². The van der Waals surface area contributed by atoms with Crippen LogP contribution in [0.3, 0.4) is 0 Å². The molecule has 16 heavy (non-hydrogen) atoms. The average molecular weight is 220 g/mol. The highest BCUT2D eigenvalue weighted by atomic mass is 16.4. The molecule has 0 aliphatic heterocycles. The molecule has 0 spiro atoms. The summed E-state index contributed by atoms with van der Waals surface area (Å²) in [5, 5.41) is 8.81. The molecule has 0 amide bonds. The van der Waals surface area contributed by atoms with E-state index in [2.05, 4.69) is 0 Å². The van der Waals surface area contributed by atoms with E-state index in [9.17, 15) is 9.59 Å². The number of rotatable bonds is 3.